The highest BCUT2D eigenvalue weighted by Crippen LogP contribution is 2.25. The first-order valence-corrected chi connectivity index (χ1v) is 9.82. The van der Waals surface area contributed by atoms with E-state index in [0.29, 0.717) is 24.9 Å². The molecule has 1 heterocycles. The molecule has 138 valence electrons. The van der Waals surface area contributed by atoms with Crippen LogP contribution in [0.15, 0.2) is 12.2 Å². The Morgan fingerprint density at radius 3 is 1.46 bits per heavy atom. The zero-order valence-electron chi connectivity index (χ0n) is 16.1. The summed E-state index contributed by atoms with van der Waals surface area (Å²) in [5.74, 6) is 0.511. The van der Waals surface area contributed by atoms with E-state index >= 15 is 0 Å². The first kappa shape index (κ1) is 20.7. The van der Waals surface area contributed by atoms with Crippen LogP contribution in [0.4, 0.5) is 0 Å². The van der Waals surface area contributed by atoms with Crippen molar-refractivity contribution in [3.8, 4) is 0 Å². The third-order valence-electron chi connectivity index (χ3n) is 5.23. The molecular formula is C20H36N2O2. The van der Waals surface area contributed by atoms with E-state index in [9.17, 15) is 9.59 Å². The Morgan fingerprint density at radius 2 is 1.17 bits per heavy atom. The van der Waals surface area contributed by atoms with E-state index in [-0.39, 0.29) is 17.4 Å². The molecule has 0 aliphatic carbocycles. The minimum Gasteiger partial charge on any atom is -0.267 e. The summed E-state index contributed by atoms with van der Waals surface area (Å²) in [4.78, 5) is 25.0. The molecule has 1 fully saturated rings. The Labute approximate surface area is 148 Å². The summed E-state index contributed by atoms with van der Waals surface area (Å²) in [6.07, 6.45) is 8.95. The molecule has 1 aliphatic heterocycles. The number of rotatable bonds is 12. The largest absolute Gasteiger partial charge is 0.277 e. The third-order valence-corrected chi connectivity index (χ3v) is 5.23. The summed E-state index contributed by atoms with van der Waals surface area (Å²) < 4.78 is 0. The van der Waals surface area contributed by atoms with Gasteiger partial charge in [-0.3, -0.25) is 9.59 Å². The van der Waals surface area contributed by atoms with Crippen LogP contribution in [0, 0.1) is 11.8 Å². The predicted octanol–water partition coefficient (Wildman–Crippen LogP) is 4.56. The number of nitrogens with zero attached hydrogens (tertiary/aromatic N) is 2. The molecule has 2 unspecified atom stereocenters. The fraction of sp³-hybridized carbons (Fsp3) is 0.800. The molecule has 0 aromatic rings. The molecule has 0 radical (unpaired) electrons. The highest BCUT2D eigenvalue weighted by atomic mass is 16.2. The highest BCUT2D eigenvalue weighted by molar-refractivity contribution is 6.21. The molecule has 1 saturated heterocycles. The van der Waals surface area contributed by atoms with Crippen LogP contribution in [0.1, 0.15) is 79.1 Å². The smallest absolute Gasteiger partial charge is 0.267 e. The number of hydrazine groups is 1. The molecule has 0 saturated carbocycles. The van der Waals surface area contributed by atoms with Crippen molar-refractivity contribution in [2.75, 3.05) is 13.1 Å². The Bertz CT molecular complexity index is 395. The minimum absolute atomic E-state index is 0.130. The van der Waals surface area contributed by atoms with Gasteiger partial charge in [-0.05, 0) is 24.7 Å². The van der Waals surface area contributed by atoms with Crippen molar-refractivity contribution < 1.29 is 9.59 Å². The zero-order chi connectivity index (χ0) is 18.1. The van der Waals surface area contributed by atoms with Crippen LogP contribution in [0.3, 0.4) is 0 Å². The van der Waals surface area contributed by atoms with E-state index in [1.807, 2.05) is 0 Å². The van der Waals surface area contributed by atoms with Crippen LogP contribution in [-0.4, -0.2) is 34.9 Å². The zero-order valence-corrected chi connectivity index (χ0v) is 16.1. The lowest BCUT2D eigenvalue weighted by molar-refractivity contribution is -0.149. The second-order valence-corrected chi connectivity index (χ2v) is 7.09. The van der Waals surface area contributed by atoms with E-state index in [4.69, 9.17) is 0 Å². The van der Waals surface area contributed by atoms with Crippen LogP contribution >= 0.6 is 0 Å². The van der Waals surface area contributed by atoms with Crippen molar-refractivity contribution in [1.82, 2.24) is 10.0 Å². The van der Waals surface area contributed by atoms with Gasteiger partial charge >= 0.3 is 0 Å². The van der Waals surface area contributed by atoms with Crippen LogP contribution in [-0.2, 0) is 9.59 Å². The average molecular weight is 337 g/mol. The van der Waals surface area contributed by atoms with E-state index in [2.05, 4.69) is 34.3 Å². The Balaban J connectivity index is 2.82. The lowest BCUT2D eigenvalue weighted by Crippen LogP contribution is -2.45. The van der Waals surface area contributed by atoms with Gasteiger partial charge in [-0.2, -0.15) is 0 Å². The maximum Gasteiger partial charge on any atom is 0.277 e. The van der Waals surface area contributed by atoms with Gasteiger partial charge in [-0.25, -0.2) is 10.0 Å². The molecule has 0 aromatic carbocycles. The van der Waals surface area contributed by atoms with E-state index in [0.717, 1.165) is 38.5 Å². The van der Waals surface area contributed by atoms with Crippen molar-refractivity contribution in [1.29, 1.82) is 0 Å². The minimum atomic E-state index is -0.194. The normalized spacial score (nSPS) is 17.8. The second-order valence-electron chi connectivity index (χ2n) is 7.09. The molecule has 0 spiro atoms. The van der Waals surface area contributed by atoms with Crippen molar-refractivity contribution >= 4 is 11.8 Å². The molecule has 0 bridgehead atoms. The van der Waals surface area contributed by atoms with Crippen LogP contribution < -0.4 is 0 Å². The number of carbonyl (C=O) groups excluding carboxylic acids is 2. The van der Waals surface area contributed by atoms with Gasteiger partial charge in [0, 0.05) is 13.1 Å². The monoisotopic (exact) mass is 336 g/mol. The van der Waals surface area contributed by atoms with Gasteiger partial charge in [0.1, 0.15) is 5.57 Å². The Hall–Kier alpha value is -1.32. The van der Waals surface area contributed by atoms with E-state index < -0.39 is 0 Å². The number of carbonyl (C=O) groups is 2. The van der Waals surface area contributed by atoms with Crippen molar-refractivity contribution in [2.24, 2.45) is 11.8 Å². The lowest BCUT2D eigenvalue weighted by atomic mass is 9.98. The van der Waals surface area contributed by atoms with Gasteiger partial charge in [0.25, 0.3) is 11.8 Å². The fourth-order valence-corrected chi connectivity index (χ4v) is 3.31. The van der Waals surface area contributed by atoms with Gasteiger partial charge in [-0.1, -0.05) is 72.8 Å². The maximum atomic E-state index is 12.5. The van der Waals surface area contributed by atoms with Gasteiger partial charge < -0.3 is 0 Å². The molecule has 1 rings (SSSR count). The topological polar surface area (TPSA) is 40.6 Å². The van der Waals surface area contributed by atoms with Gasteiger partial charge in [0.2, 0.25) is 0 Å². The summed E-state index contributed by atoms with van der Waals surface area (Å²) in [6, 6.07) is 0. The van der Waals surface area contributed by atoms with Crippen molar-refractivity contribution in [2.45, 2.75) is 79.1 Å². The first-order valence-electron chi connectivity index (χ1n) is 9.82. The number of unbranched alkanes of at least 4 members (excludes halogenated alkanes) is 2. The van der Waals surface area contributed by atoms with Crippen LogP contribution in [0.25, 0.3) is 0 Å². The number of hydrogen-bond acceptors (Lipinski definition) is 2. The number of hydrogen-bond donors (Lipinski definition) is 0. The van der Waals surface area contributed by atoms with Crippen molar-refractivity contribution in [3.63, 3.8) is 0 Å². The Kier molecular flexibility index (Phi) is 9.09. The number of amides is 2. The molecule has 1 aliphatic rings. The third kappa shape index (κ3) is 5.35. The predicted molar refractivity (Wildman–Crippen MR) is 99.2 cm³/mol. The molecule has 4 heteroatoms. The molecule has 24 heavy (non-hydrogen) atoms. The quantitative estimate of drug-likeness (QED) is 0.387. The molecule has 2 atom stereocenters. The standard InChI is InChI=1S/C20H36N2O2/c1-6-10-12-17(8-3)14-21-19(23)16(5)20(24)22(21)15-18(9-4)13-11-7-2/h17-18H,5-15H2,1-4H3. The van der Waals surface area contributed by atoms with E-state index in [1.165, 1.54) is 12.8 Å². The van der Waals surface area contributed by atoms with Crippen LogP contribution in [0.5, 0.6) is 0 Å². The highest BCUT2D eigenvalue weighted by Gasteiger charge is 2.40. The second kappa shape index (κ2) is 10.5. The molecule has 4 nitrogen and oxygen atoms in total. The molecule has 0 aromatic heterocycles. The SMILES string of the molecule is C=C1C(=O)N(CC(CC)CCCC)N(CC(CC)CCCC)C1=O. The lowest BCUT2D eigenvalue weighted by Gasteiger charge is -2.33. The summed E-state index contributed by atoms with van der Waals surface area (Å²) in [5, 5.41) is 3.37. The Morgan fingerprint density at radius 1 is 0.792 bits per heavy atom. The summed E-state index contributed by atoms with van der Waals surface area (Å²) >= 11 is 0. The van der Waals surface area contributed by atoms with Crippen LogP contribution in [0.2, 0.25) is 0 Å². The maximum absolute atomic E-state index is 12.5. The molecule has 2 amide bonds. The molecule has 0 N–H and O–H groups in total. The molecular weight excluding hydrogens is 300 g/mol. The van der Waals surface area contributed by atoms with E-state index in [1.54, 1.807) is 10.0 Å². The average Bonchev–Trinajstić information content (AvgIpc) is 2.79. The van der Waals surface area contributed by atoms with Gasteiger partial charge in [-0.15, -0.1) is 0 Å². The summed E-state index contributed by atoms with van der Waals surface area (Å²) in [5.41, 5.74) is 0.130. The first-order chi connectivity index (χ1) is 11.5. The van der Waals surface area contributed by atoms with Gasteiger partial charge in [0.05, 0.1) is 0 Å². The van der Waals surface area contributed by atoms with Gasteiger partial charge in [0.15, 0.2) is 0 Å². The summed E-state index contributed by atoms with van der Waals surface area (Å²) in [7, 11) is 0. The van der Waals surface area contributed by atoms with Crippen molar-refractivity contribution in [3.05, 3.63) is 12.2 Å². The fourth-order valence-electron chi connectivity index (χ4n) is 3.31. The summed E-state index contributed by atoms with van der Waals surface area (Å²) in [6.45, 7) is 13.7.